The maximum Gasteiger partial charge on any atom is 0.269 e. The molecule has 6 heteroatoms. The molecule has 0 saturated heterocycles. The van der Waals surface area contributed by atoms with Gasteiger partial charge < -0.3 is 4.57 Å². The van der Waals surface area contributed by atoms with Gasteiger partial charge in [0, 0.05) is 30.1 Å². The fourth-order valence-electron chi connectivity index (χ4n) is 2.22. The highest BCUT2D eigenvalue weighted by Gasteiger charge is 2.12. The number of thioether (sulfide) groups is 1. The monoisotopic (exact) mass is 319 g/mol. The summed E-state index contributed by atoms with van der Waals surface area (Å²) in [4.78, 5) is 15.1. The van der Waals surface area contributed by atoms with Crippen LogP contribution in [0.2, 0.25) is 0 Å². The number of imidazole rings is 1. The van der Waals surface area contributed by atoms with E-state index in [0.717, 1.165) is 35.8 Å². The molecule has 0 aliphatic heterocycles. The summed E-state index contributed by atoms with van der Waals surface area (Å²) in [5.74, 6) is 0.684. The van der Waals surface area contributed by atoms with Gasteiger partial charge in [-0.1, -0.05) is 37.2 Å². The smallest absolute Gasteiger partial charge is 0.269 e. The highest BCUT2D eigenvalue weighted by molar-refractivity contribution is 7.98. The third-order valence-corrected chi connectivity index (χ3v) is 4.69. The first-order chi connectivity index (χ1) is 10.5. The number of hydrogen-bond acceptors (Lipinski definition) is 4. The number of hydrogen-bond donors (Lipinski definition) is 0. The van der Waals surface area contributed by atoms with Crippen LogP contribution < -0.4 is 0 Å². The van der Waals surface area contributed by atoms with Crippen LogP contribution in [-0.2, 0) is 12.3 Å². The molecule has 0 spiro atoms. The van der Waals surface area contributed by atoms with Gasteiger partial charge in [-0.2, -0.15) is 0 Å². The van der Waals surface area contributed by atoms with Gasteiger partial charge in [0.1, 0.15) is 0 Å². The fraction of sp³-hybridized carbons (Fsp3) is 0.438. The van der Waals surface area contributed by atoms with Crippen molar-refractivity contribution in [2.75, 3.05) is 0 Å². The second-order valence-electron chi connectivity index (χ2n) is 5.29. The van der Waals surface area contributed by atoms with Crippen LogP contribution in [0.4, 0.5) is 5.69 Å². The number of rotatable bonds is 7. The minimum atomic E-state index is -0.356. The van der Waals surface area contributed by atoms with Crippen molar-refractivity contribution < 1.29 is 4.92 Å². The van der Waals surface area contributed by atoms with E-state index in [1.54, 1.807) is 23.9 Å². The number of nitro benzene ring substituents is 1. The lowest BCUT2D eigenvalue weighted by molar-refractivity contribution is -0.384. The Kier molecular flexibility index (Phi) is 5.60. The van der Waals surface area contributed by atoms with Crippen molar-refractivity contribution in [3.05, 3.63) is 51.3 Å². The average Bonchev–Trinajstić information content (AvgIpc) is 2.78. The Morgan fingerprint density at radius 2 is 2.14 bits per heavy atom. The molecular formula is C16H21N3O2S. The Bertz CT molecular complexity index is 667. The molecule has 118 valence electrons. The number of benzene rings is 1. The molecule has 0 amide bonds. The number of aromatic nitrogens is 2. The van der Waals surface area contributed by atoms with Crippen molar-refractivity contribution in [3.63, 3.8) is 0 Å². The molecule has 2 rings (SSSR count). The molecule has 0 N–H and O–H groups in total. The zero-order valence-corrected chi connectivity index (χ0v) is 14.0. The van der Waals surface area contributed by atoms with E-state index in [4.69, 9.17) is 0 Å². The van der Waals surface area contributed by atoms with Gasteiger partial charge in [0.05, 0.1) is 10.6 Å². The summed E-state index contributed by atoms with van der Waals surface area (Å²) >= 11 is 1.64. The zero-order chi connectivity index (χ0) is 16.1. The molecule has 0 unspecified atom stereocenters. The summed E-state index contributed by atoms with van der Waals surface area (Å²) in [7, 11) is 0. The molecule has 0 aliphatic carbocycles. The Hall–Kier alpha value is -1.82. The number of non-ortho nitro benzene ring substituents is 1. The van der Waals surface area contributed by atoms with E-state index in [-0.39, 0.29) is 10.6 Å². The highest BCUT2D eigenvalue weighted by Crippen LogP contribution is 2.26. The maximum atomic E-state index is 10.8. The van der Waals surface area contributed by atoms with E-state index in [9.17, 15) is 10.1 Å². The van der Waals surface area contributed by atoms with E-state index in [2.05, 4.69) is 23.4 Å². The molecule has 0 fully saturated rings. The van der Waals surface area contributed by atoms with Gasteiger partial charge in [-0.25, -0.2) is 4.98 Å². The lowest BCUT2D eigenvalue weighted by Crippen LogP contribution is -2.02. The minimum Gasteiger partial charge on any atom is -0.323 e. The standard InChI is InChI=1S/C16H21N3O2S/c1-4-5-9-18-13(3)12(2)17-16(18)22-11-14-7-6-8-15(10-14)19(20)21/h6-8,10H,4-5,9,11H2,1-3H3. The fourth-order valence-corrected chi connectivity index (χ4v) is 3.28. The van der Waals surface area contributed by atoms with Gasteiger partial charge in [-0.3, -0.25) is 10.1 Å². The molecule has 2 aromatic rings. The molecule has 0 atom stereocenters. The molecular weight excluding hydrogens is 298 g/mol. The minimum absolute atomic E-state index is 0.139. The number of nitro groups is 1. The van der Waals surface area contributed by atoms with E-state index < -0.39 is 0 Å². The Morgan fingerprint density at radius 1 is 1.36 bits per heavy atom. The molecule has 0 saturated carbocycles. The molecule has 0 bridgehead atoms. The first-order valence-corrected chi connectivity index (χ1v) is 8.41. The van der Waals surface area contributed by atoms with E-state index in [0.29, 0.717) is 5.75 Å². The van der Waals surface area contributed by atoms with Crippen LogP contribution in [0, 0.1) is 24.0 Å². The summed E-state index contributed by atoms with van der Waals surface area (Å²) in [5.41, 5.74) is 3.34. The Balaban J connectivity index is 2.12. The Labute approximate surface area is 134 Å². The van der Waals surface area contributed by atoms with Crippen molar-refractivity contribution in [1.82, 2.24) is 9.55 Å². The first kappa shape index (κ1) is 16.5. The van der Waals surface area contributed by atoms with E-state index >= 15 is 0 Å². The summed E-state index contributed by atoms with van der Waals surface area (Å²) in [6.45, 7) is 7.26. The second kappa shape index (κ2) is 7.45. The summed E-state index contributed by atoms with van der Waals surface area (Å²) in [6, 6.07) is 6.80. The maximum absolute atomic E-state index is 10.8. The van der Waals surface area contributed by atoms with Gasteiger partial charge in [-0.05, 0) is 25.8 Å². The largest absolute Gasteiger partial charge is 0.323 e. The lowest BCUT2D eigenvalue weighted by atomic mass is 10.2. The van der Waals surface area contributed by atoms with Crippen LogP contribution >= 0.6 is 11.8 Å². The van der Waals surface area contributed by atoms with Gasteiger partial charge in [-0.15, -0.1) is 0 Å². The van der Waals surface area contributed by atoms with Gasteiger partial charge in [0.15, 0.2) is 5.16 Å². The summed E-state index contributed by atoms with van der Waals surface area (Å²) in [6.07, 6.45) is 2.27. The van der Waals surface area contributed by atoms with Crippen LogP contribution in [0.5, 0.6) is 0 Å². The first-order valence-electron chi connectivity index (χ1n) is 7.42. The highest BCUT2D eigenvalue weighted by atomic mass is 32.2. The van der Waals surface area contributed by atoms with Gasteiger partial charge in [0.2, 0.25) is 0 Å². The van der Waals surface area contributed by atoms with Crippen LogP contribution in [-0.4, -0.2) is 14.5 Å². The summed E-state index contributed by atoms with van der Waals surface area (Å²) in [5, 5.41) is 11.8. The molecule has 1 aromatic heterocycles. The van der Waals surface area contributed by atoms with Gasteiger partial charge >= 0.3 is 0 Å². The molecule has 1 aromatic carbocycles. The second-order valence-corrected chi connectivity index (χ2v) is 6.23. The van der Waals surface area contributed by atoms with Crippen LogP contribution in [0.1, 0.15) is 36.7 Å². The zero-order valence-electron chi connectivity index (χ0n) is 13.2. The average molecular weight is 319 g/mol. The van der Waals surface area contributed by atoms with Crippen molar-refractivity contribution in [3.8, 4) is 0 Å². The molecule has 22 heavy (non-hydrogen) atoms. The summed E-state index contributed by atoms with van der Waals surface area (Å²) < 4.78 is 2.25. The normalized spacial score (nSPS) is 10.9. The molecule has 5 nitrogen and oxygen atoms in total. The third kappa shape index (κ3) is 3.88. The number of nitrogens with zero attached hydrogens (tertiary/aromatic N) is 3. The number of aryl methyl sites for hydroxylation is 1. The van der Waals surface area contributed by atoms with Crippen LogP contribution in [0.15, 0.2) is 29.4 Å². The Morgan fingerprint density at radius 3 is 2.82 bits per heavy atom. The van der Waals surface area contributed by atoms with Crippen LogP contribution in [0.25, 0.3) is 0 Å². The number of unbranched alkanes of at least 4 members (excludes halogenated alkanes) is 1. The SMILES string of the molecule is CCCCn1c(SCc2cccc([N+](=O)[O-])c2)nc(C)c1C. The quantitative estimate of drug-likeness (QED) is 0.428. The molecule has 0 aliphatic rings. The van der Waals surface area contributed by atoms with Crippen molar-refractivity contribution in [1.29, 1.82) is 0 Å². The predicted molar refractivity (Wildman–Crippen MR) is 89.3 cm³/mol. The van der Waals surface area contributed by atoms with Crippen molar-refractivity contribution >= 4 is 17.4 Å². The van der Waals surface area contributed by atoms with Crippen LogP contribution in [0.3, 0.4) is 0 Å². The lowest BCUT2D eigenvalue weighted by Gasteiger charge is -2.09. The molecule has 0 radical (unpaired) electrons. The van der Waals surface area contributed by atoms with Gasteiger partial charge in [0.25, 0.3) is 5.69 Å². The third-order valence-electron chi connectivity index (χ3n) is 3.65. The molecule has 1 heterocycles. The van der Waals surface area contributed by atoms with Crippen molar-refractivity contribution in [2.45, 2.75) is 51.1 Å². The van der Waals surface area contributed by atoms with Crippen molar-refractivity contribution in [2.24, 2.45) is 0 Å². The van der Waals surface area contributed by atoms with E-state index in [1.165, 1.54) is 11.8 Å². The van der Waals surface area contributed by atoms with E-state index in [1.807, 2.05) is 13.0 Å². The predicted octanol–water partition coefficient (Wildman–Crippen LogP) is 4.50. The topological polar surface area (TPSA) is 61.0 Å².